The van der Waals surface area contributed by atoms with E-state index in [0.29, 0.717) is 6.61 Å². The first-order valence-electron chi connectivity index (χ1n) is 9.86. The van der Waals surface area contributed by atoms with Crippen molar-refractivity contribution in [1.29, 1.82) is 0 Å². The molecular formula is C21H35NO2. The van der Waals surface area contributed by atoms with E-state index in [1.165, 1.54) is 45.2 Å². The number of ether oxygens (including phenoxy) is 1. The number of hydrogen-bond donors (Lipinski definition) is 1. The fraction of sp³-hybridized carbons (Fsp3) is 0.714. The van der Waals surface area contributed by atoms with Crippen molar-refractivity contribution in [3.8, 4) is 5.75 Å². The maximum absolute atomic E-state index is 11.4. The van der Waals surface area contributed by atoms with Crippen LogP contribution >= 0.6 is 0 Å². The highest BCUT2D eigenvalue weighted by molar-refractivity contribution is 5.31. The van der Waals surface area contributed by atoms with Gasteiger partial charge in [0.15, 0.2) is 0 Å². The van der Waals surface area contributed by atoms with E-state index in [9.17, 15) is 5.11 Å². The first-order chi connectivity index (χ1) is 11.7. The van der Waals surface area contributed by atoms with Gasteiger partial charge in [0.25, 0.3) is 0 Å². The molecule has 1 aromatic carbocycles. The predicted octanol–water partition coefficient (Wildman–Crippen LogP) is 4.73. The lowest BCUT2D eigenvalue weighted by Crippen LogP contribution is -2.36. The largest absolute Gasteiger partial charge is 0.494 e. The van der Waals surface area contributed by atoms with Gasteiger partial charge in [-0.1, -0.05) is 44.7 Å². The maximum Gasteiger partial charge on any atom is 0.119 e. The van der Waals surface area contributed by atoms with Crippen LogP contribution < -0.4 is 4.74 Å². The molecule has 1 aliphatic heterocycles. The van der Waals surface area contributed by atoms with E-state index >= 15 is 0 Å². The molecule has 0 amide bonds. The molecule has 1 fully saturated rings. The van der Waals surface area contributed by atoms with Gasteiger partial charge < -0.3 is 14.7 Å². The van der Waals surface area contributed by atoms with Crippen LogP contribution in [0.15, 0.2) is 24.3 Å². The van der Waals surface area contributed by atoms with Crippen LogP contribution in [-0.2, 0) is 5.60 Å². The number of hydrogen-bond acceptors (Lipinski definition) is 3. The average Bonchev–Trinajstić information content (AvgIpc) is 2.62. The molecule has 1 saturated heterocycles. The molecule has 0 aromatic heterocycles. The molecular weight excluding hydrogens is 298 g/mol. The van der Waals surface area contributed by atoms with Gasteiger partial charge in [-0.25, -0.2) is 0 Å². The Morgan fingerprint density at radius 1 is 1.00 bits per heavy atom. The van der Waals surface area contributed by atoms with Gasteiger partial charge >= 0.3 is 0 Å². The number of rotatable bonds is 10. The summed E-state index contributed by atoms with van der Waals surface area (Å²) >= 11 is 0. The Balaban J connectivity index is 2.02. The van der Waals surface area contributed by atoms with Crippen molar-refractivity contribution in [3.05, 3.63) is 29.8 Å². The number of nitrogens with zero attached hydrogens (tertiary/aromatic N) is 1. The number of likely N-dealkylation sites (tertiary alicyclic amines) is 1. The highest BCUT2D eigenvalue weighted by Crippen LogP contribution is 2.33. The maximum atomic E-state index is 11.4. The number of benzene rings is 1. The number of aliphatic hydroxyl groups is 1. The van der Waals surface area contributed by atoms with Crippen LogP contribution in [0.5, 0.6) is 5.75 Å². The summed E-state index contributed by atoms with van der Waals surface area (Å²) in [5, 5.41) is 11.4. The van der Waals surface area contributed by atoms with E-state index in [2.05, 4.69) is 11.8 Å². The van der Waals surface area contributed by atoms with Crippen LogP contribution in [0.2, 0.25) is 0 Å². The smallest absolute Gasteiger partial charge is 0.119 e. The van der Waals surface area contributed by atoms with Crippen molar-refractivity contribution >= 4 is 0 Å². The van der Waals surface area contributed by atoms with Crippen LogP contribution in [0.1, 0.15) is 70.8 Å². The second kappa shape index (κ2) is 10.0. The standard InChI is InChI=1S/C21H35NO2/c1-3-5-7-14-21(23,15-18-22-16-8-6-9-17-22)19-10-12-20(13-11-19)24-4-2/h10-13,23H,3-9,14-18H2,1-2H3/t21-/m1/s1. The van der Waals surface area contributed by atoms with Crippen LogP contribution in [0.25, 0.3) is 0 Å². The summed E-state index contributed by atoms with van der Waals surface area (Å²) < 4.78 is 5.54. The number of unbranched alkanes of at least 4 members (excludes halogenated alkanes) is 2. The molecule has 0 saturated carbocycles. The van der Waals surface area contributed by atoms with Gasteiger partial charge in [0.1, 0.15) is 5.75 Å². The van der Waals surface area contributed by atoms with Gasteiger partial charge in [-0.05, 0) is 63.4 Å². The highest BCUT2D eigenvalue weighted by atomic mass is 16.5. The predicted molar refractivity (Wildman–Crippen MR) is 101 cm³/mol. The summed E-state index contributed by atoms with van der Waals surface area (Å²) in [5.41, 5.74) is 0.330. The van der Waals surface area contributed by atoms with Gasteiger partial charge in [0.05, 0.1) is 12.2 Å². The zero-order valence-corrected chi connectivity index (χ0v) is 15.6. The quantitative estimate of drug-likeness (QED) is 0.628. The molecule has 0 aliphatic carbocycles. The van der Waals surface area contributed by atoms with Gasteiger partial charge in [-0.15, -0.1) is 0 Å². The second-order valence-electron chi connectivity index (χ2n) is 7.10. The number of piperidine rings is 1. The fourth-order valence-corrected chi connectivity index (χ4v) is 3.64. The summed E-state index contributed by atoms with van der Waals surface area (Å²) in [6.45, 7) is 8.25. The summed E-state index contributed by atoms with van der Waals surface area (Å²) in [6, 6.07) is 8.08. The highest BCUT2D eigenvalue weighted by Gasteiger charge is 2.29. The topological polar surface area (TPSA) is 32.7 Å². The van der Waals surface area contributed by atoms with Crippen LogP contribution in [-0.4, -0.2) is 36.2 Å². The SMILES string of the molecule is CCCCC[C@@](O)(CCN1CCCCC1)c1ccc(OCC)cc1. The Hall–Kier alpha value is -1.06. The van der Waals surface area contributed by atoms with E-state index in [1.807, 2.05) is 31.2 Å². The Labute approximate surface area is 148 Å². The molecule has 1 N–H and O–H groups in total. The van der Waals surface area contributed by atoms with Crippen molar-refractivity contribution in [2.45, 2.75) is 70.8 Å². The minimum atomic E-state index is -0.711. The van der Waals surface area contributed by atoms with Gasteiger partial charge in [-0.3, -0.25) is 0 Å². The first-order valence-corrected chi connectivity index (χ1v) is 9.86. The Kier molecular flexibility index (Phi) is 8.07. The molecule has 1 aromatic rings. The Morgan fingerprint density at radius 2 is 1.71 bits per heavy atom. The van der Waals surface area contributed by atoms with Crippen LogP contribution in [0.3, 0.4) is 0 Å². The molecule has 1 heterocycles. The molecule has 0 bridgehead atoms. The second-order valence-corrected chi connectivity index (χ2v) is 7.10. The van der Waals surface area contributed by atoms with Gasteiger partial charge in [0.2, 0.25) is 0 Å². The molecule has 1 aliphatic rings. The average molecular weight is 334 g/mol. The molecule has 3 heteroatoms. The lowest BCUT2D eigenvalue weighted by molar-refractivity contribution is 0.00484. The Morgan fingerprint density at radius 3 is 2.33 bits per heavy atom. The zero-order valence-electron chi connectivity index (χ0n) is 15.6. The van der Waals surface area contributed by atoms with Crippen molar-refractivity contribution < 1.29 is 9.84 Å². The third-order valence-corrected chi connectivity index (χ3v) is 5.19. The first kappa shape index (κ1) is 19.3. The Bertz CT molecular complexity index is 453. The van der Waals surface area contributed by atoms with E-state index in [0.717, 1.165) is 37.1 Å². The van der Waals surface area contributed by atoms with Crippen molar-refractivity contribution in [3.63, 3.8) is 0 Å². The van der Waals surface area contributed by atoms with E-state index in [4.69, 9.17) is 4.74 Å². The lowest BCUT2D eigenvalue weighted by atomic mass is 9.85. The molecule has 0 spiro atoms. The third-order valence-electron chi connectivity index (χ3n) is 5.19. The fourth-order valence-electron chi connectivity index (χ4n) is 3.64. The van der Waals surface area contributed by atoms with Crippen molar-refractivity contribution in [2.24, 2.45) is 0 Å². The zero-order chi connectivity index (χ0) is 17.3. The van der Waals surface area contributed by atoms with Crippen LogP contribution in [0.4, 0.5) is 0 Å². The lowest BCUT2D eigenvalue weighted by Gasteiger charge is -2.33. The summed E-state index contributed by atoms with van der Waals surface area (Å²) in [6.07, 6.45) is 9.09. The molecule has 0 radical (unpaired) electrons. The molecule has 24 heavy (non-hydrogen) atoms. The van der Waals surface area contributed by atoms with Crippen LogP contribution in [0, 0.1) is 0 Å². The minimum absolute atomic E-state index is 0.676. The molecule has 1 atom stereocenters. The molecule has 0 unspecified atom stereocenters. The van der Waals surface area contributed by atoms with E-state index in [-0.39, 0.29) is 0 Å². The molecule has 136 valence electrons. The monoisotopic (exact) mass is 333 g/mol. The molecule has 3 nitrogen and oxygen atoms in total. The van der Waals surface area contributed by atoms with E-state index in [1.54, 1.807) is 0 Å². The summed E-state index contributed by atoms with van der Waals surface area (Å²) in [7, 11) is 0. The van der Waals surface area contributed by atoms with Gasteiger partial charge in [0, 0.05) is 6.54 Å². The summed E-state index contributed by atoms with van der Waals surface area (Å²) in [5.74, 6) is 0.883. The summed E-state index contributed by atoms with van der Waals surface area (Å²) in [4.78, 5) is 2.52. The van der Waals surface area contributed by atoms with E-state index < -0.39 is 5.60 Å². The third kappa shape index (κ3) is 5.78. The van der Waals surface area contributed by atoms with Gasteiger partial charge in [-0.2, -0.15) is 0 Å². The minimum Gasteiger partial charge on any atom is -0.494 e. The molecule has 2 rings (SSSR count). The normalized spacial score (nSPS) is 18.3. The van der Waals surface area contributed by atoms with Crippen molar-refractivity contribution in [1.82, 2.24) is 4.90 Å². The van der Waals surface area contributed by atoms with Crippen molar-refractivity contribution in [2.75, 3.05) is 26.2 Å².